The Balaban J connectivity index is 0.000000686. The van der Waals surface area contributed by atoms with Crippen LogP contribution in [0.1, 0.15) is 46.1 Å². The van der Waals surface area contributed by atoms with E-state index in [0.29, 0.717) is 11.3 Å². The molecular formula is C16H26O. The van der Waals surface area contributed by atoms with Crippen LogP contribution < -0.4 is 0 Å². The number of hydrogen-bond acceptors (Lipinski definition) is 1. The van der Waals surface area contributed by atoms with Crippen LogP contribution >= 0.6 is 0 Å². The van der Waals surface area contributed by atoms with Gasteiger partial charge in [0.1, 0.15) is 0 Å². The second-order valence-electron chi connectivity index (χ2n) is 5.24. The average molecular weight is 234 g/mol. The Labute approximate surface area is 106 Å². The molecule has 1 aliphatic carbocycles. The van der Waals surface area contributed by atoms with Crippen LogP contribution in [0.3, 0.4) is 0 Å². The minimum atomic E-state index is -0.0592. The maximum absolute atomic E-state index is 9.51. The molecule has 1 N–H and O–H groups in total. The number of benzene rings is 1. The predicted molar refractivity (Wildman–Crippen MR) is 74.0 cm³/mol. The van der Waals surface area contributed by atoms with E-state index in [9.17, 15) is 5.11 Å². The van der Waals surface area contributed by atoms with Crippen LogP contribution in [-0.2, 0) is 6.42 Å². The fraction of sp³-hybridized carbons (Fsp3) is 0.625. The summed E-state index contributed by atoms with van der Waals surface area (Å²) in [7, 11) is 0. The van der Waals surface area contributed by atoms with Crippen molar-refractivity contribution >= 4 is 0 Å². The Morgan fingerprint density at radius 2 is 1.71 bits per heavy atom. The van der Waals surface area contributed by atoms with Crippen LogP contribution in [0.2, 0.25) is 0 Å². The first-order valence-electron chi connectivity index (χ1n) is 6.84. The van der Waals surface area contributed by atoms with Gasteiger partial charge in [-0.25, -0.2) is 0 Å². The van der Waals surface area contributed by atoms with Gasteiger partial charge in [-0.2, -0.15) is 0 Å². The minimum absolute atomic E-state index is 0.0592. The van der Waals surface area contributed by atoms with Crippen molar-refractivity contribution in [2.45, 2.75) is 53.1 Å². The third kappa shape index (κ3) is 3.32. The van der Waals surface area contributed by atoms with Crippen molar-refractivity contribution in [2.24, 2.45) is 11.3 Å². The van der Waals surface area contributed by atoms with Crippen molar-refractivity contribution in [2.75, 3.05) is 0 Å². The quantitative estimate of drug-likeness (QED) is 0.836. The largest absolute Gasteiger partial charge is 0.393 e. The summed E-state index contributed by atoms with van der Waals surface area (Å²) in [5, 5.41) is 9.51. The Kier molecular flexibility index (Phi) is 5.20. The lowest BCUT2D eigenvalue weighted by atomic mass is 9.58. The standard InChI is InChI=1S/C14H20O.C2H6/c1-11(2)14(9-13(15)10-14)8-12-6-4-3-5-7-12;1-2/h3-7,11,13,15H,8-10H2,1-2H3;1-2H3. The summed E-state index contributed by atoms with van der Waals surface area (Å²) < 4.78 is 0. The molecule has 1 heteroatoms. The van der Waals surface area contributed by atoms with E-state index in [1.165, 1.54) is 5.56 Å². The lowest BCUT2D eigenvalue weighted by Gasteiger charge is -2.49. The number of aliphatic hydroxyl groups is 1. The maximum atomic E-state index is 9.51. The molecule has 0 saturated heterocycles. The molecule has 0 aromatic heterocycles. The van der Waals surface area contributed by atoms with Gasteiger partial charge in [0.2, 0.25) is 0 Å². The van der Waals surface area contributed by atoms with Gasteiger partial charge in [0, 0.05) is 0 Å². The summed E-state index contributed by atoms with van der Waals surface area (Å²) in [6.45, 7) is 8.55. The third-order valence-corrected chi connectivity index (χ3v) is 3.91. The Morgan fingerprint density at radius 3 is 2.12 bits per heavy atom. The van der Waals surface area contributed by atoms with Crippen LogP contribution in [0.4, 0.5) is 0 Å². The molecule has 0 aliphatic heterocycles. The summed E-state index contributed by atoms with van der Waals surface area (Å²) in [5.74, 6) is 0.654. The van der Waals surface area contributed by atoms with Gasteiger partial charge in [0.05, 0.1) is 6.10 Å². The van der Waals surface area contributed by atoms with E-state index in [2.05, 4.69) is 44.2 Å². The summed E-state index contributed by atoms with van der Waals surface area (Å²) >= 11 is 0. The van der Waals surface area contributed by atoms with Crippen LogP contribution in [0.5, 0.6) is 0 Å². The Bertz CT molecular complexity index is 310. The molecular weight excluding hydrogens is 208 g/mol. The van der Waals surface area contributed by atoms with E-state index in [1.54, 1.807) is 0 Å². The Morgan fingerprint density at radius 1 is 1.18 bits per heavy atom. The second-order valence-corrected chi connectivity index (χ2v) is 5.24. The van der Waals surface area contributed by atoms with Gasteiger partial charge in [0.15, 0.2) is 0 Å². The zero-order valence-electron chi connectivity index (χ0n) is 11.6. The molecule has 0 atom stereocenters. The summed E-state index contributed by atoms with van der Waals surface area (Å²) in [6.07, 6.45) is 3.00. The first-order valence-corrected chi connectivity index (χ1v) is 6.84. The Hall–Kier alpha value is -0.820. The van der Waals surface area contributed by atoms with Gasteiger partial charge in [-0.05, 0) is 36.2 Å². The molecule has 0 radical (unpaired) electrons. The molecule has 0 unspecified atom stereocenters. The molecule has 0 amide bonds. The molecule has 1 saturated carbocycles. The lowest BCUT2D eigenvalue weighted by Crippen LogP contribution is -2.46. The highest BCUT2D eigenvalue weighted by molar-refractivity contribution is 5.18. The molecule has 96 valence electrons. The monoisotopic (exact) mass is 234 g/mol. The summed E-state index contributed by atoms with van der Waals surface area (Å²) in [6, 6.07) is 10.6. The maximum Gasteiger partial charge on any atom is 0.0551 e. The van der Waals surface area contributed by atoms with Gasteiger partial charge < -0.3 is 5.11 Å². The van der Waals surface area contributed by atoms with E-state index in [0.717, 1.165) is 19.3 Å². The normalized spacial score (nSPS) is 27.1. The minimum Gasteiger partial charge on any atom is -0.393 e. The third-order valence-electron chi connectivity index (χ3n) is 3.91. The van der Waals surface area contributed by atoms with E-state index in [1.807, 2.05) is 13.8 Å². The molecule has 1 aromatic carbocycles. The van der Waals surface area contributed by atoms with Crippen LogP contribution in [0.25, 0.3) is 0 Å². The molecule has 1 aliphatic rings. The molecule has 1 nitrogen and oxygen atoms in total. The molecule has 0 bridgehead atoms. The lowest BCUT2D eigenvalue weighted by molar-refractivity contribution is -0.0612. The van der Waals surface area contributed by atoms with Gasteiger partial charge in [0.25, 0.3) is 0 Å². The average Bonchev–Trinajstić information content (AvgIpc) is 2.30. The smallest absolute Gasteiger partial charge is 0.0551 e. The molecule has 0 spiro atoms. The van der Waals surface area contributed by atoms with Crippen LogP contribution in [0.15, 0.2) is 30.3 Å². The van der Waals surface area contributed by atoms with E-state index in [-0.39, 0.29) is 6.10 Å². The highest BCUT2D eigenvalue weighted by Crippen LogP contribution is 2.49. The van der Waals surface area contributed by atoms with Crippen molar-refractivity contribution in [3.05, 3.63) is 35.9 Å². The fourth-order valence-corrected chi connectivity index (χ4v) is 2.70. The second kappa shape index (κ2) is 6.20. The highest BCUT2D eigenvalue weighted by atomic mass is 16.3. The molecule has 17 heavy (non-hydrogen) atoms. The van der Waals surface area contributed by atoms with Gasteiger partial charge in [-0.3, -0.25) is 0 Å². The van der Waals surface area contributed by atoms with Gasteiger partial charge in [-0.1, -0.05) is 58.0 Å². The van der Waals surface area contributed by atoms with E-state index in [4.69, 9.17) is 0 Å². The SMILES string of the molecule is CC.CC(C)C1(Cc2ccccc2)CC(O)C1. The van der Waals surface area contributed by atoms with Gasteiger partial charge >= 0.3 is 0 Å². The van der Waals surface area contributed by atoms with E-state index >= 15 is 0 Å². The van der Waals surface area contributed by atoms with Crippen molar-refractivity contribution in [3.63, 3.8) is 0 Å². The van der Waals surface area contributed by atoms with Crippen LogP contribution in [-0.4, -0.2) is 11.2 Å². The zero-order valence-corrected chi connectivity index (χ0v) is 11.6. The summed E-state index contributed by atoms with van der Waals surface area (Å²) in [5.41, 5.74) is 1.75. The first-order chi connectivity index (χ1) is 8.12. The number of aliphatic hydroxyl groups excluding tert-OH is 1. The van der Waals surface area contributed by atoms with Crippen molar-refractivity contribution in [1.82, 2.24) is 0 Å². The number of hydrogen-bond donors (Lipinski definition) is 1. The summed E-state index contributed by atoms with van der Waals surface area (Å²) in [4.78, 5) is 0. The van der Waals surface area contributed by atoms with E-state index < -0.39 is 0 Å². The zero-order chi connectivity index (χ0) is 12.9. The first kappa shape index (κ1) is 14.2. The van der Waals surface area contributed by atoms with Gasteiger partial charge in [-0.15, -0.1) is 0 Å². The molecule has 2 rings (SSSR count). The molecule has 0 heterocycles. The van der Waals surface area contributed by atoms with Crippen molar-refractivity contribution in [3.8, 4) is 0 Å². The van der Waals surface area contributed by atoms with Crippen molar-refractivity contribution < 1.29 is 5.11 Å². The van der Waals surface area contributed by atoms with Crippen molar-refractivity contribution in [1.29, 1.82) is 0 Å². The molecule has 1 fully saturated rings. The number of rotatable bonds is 3. The fourth-order valence-electron chi connectivity index (χ4n) is 2.70. The highest BCUT2D eigenvalue weighted by Gasteiger charge is 2.45. The topological polar surface area (TPSA) is 20.2 Å². The van der Waals surface area contributed by atoms with Crippen LogP contribution in [0, 0.1) is 11.3 Å². The molecule has 1 aromatic rings. The predicted octanol–water partition coefficient (Wildman–Crippen LogP) is 4.05.